The van der Waals surface area contributed by atoms with Crippen molar-refractivity contribution in [1.82, 2.24) is 5.32 Å². The SMILES string of the molecule is CC(NCc1cc2ccccc2o1)C(C)(C)C. The average molecular weight is 231 g/mol. The van der Waals surface area contributed by atoms with Crippen LogP contribution in [-0.2, 0) is 6.54 Å². The van der Waals surface area contributed by atoms with Crippen molar-refractivity contribution >= 4 is 11.0 Å². The zero-order chi connectivity index (χ0) is 12.5. The number of para-hydroxylation sites is 1. The number of fused-ring (bicyclic) bond motifs is 1. The molecule has 2 rings (SSSR count). The van der Waals surface area contributed by atoms with E-state index in [9.17, 15) is 0 Å². The fourth-order valence-electron chi connectivity index (χ4n) is 1.68. The van der Waals surface area contributed by atoms with Crippen LogP contribution in [0.15, 0.2) is 34.7 Å². The number of furan rings is 1. The highest BCUT2D eigenvalue weighted by Crippen LogP contribution is 2.21. The van der Waals surface area contributed by atoms with Gasteiger partial charge in [-0.05, 0) is 24.5 Å². The minimum Gasteiger partial charge on any atom is -0.460 e. The van der Waals surface area contributed by atoms with E-state index in [-0.39, 0.29) is 5.41 Å². The minimum absolute atomic E-state index is 0.270. The van der Waals surface area contributed by atoms with Gasteiger partial charge >= 0.3 is 0 Å². The molecule has 0 aliphatic rings. The predicted molar refractivity (Wildman–Crippen MR) is 72.0 cm³/mol. The summed E-state index contributed by atoms with van der Waals surface area (Å²) < 4.78 is 5.77. The molecule has 0 amide bonds. The molecule has 17 heavy (non-hydrogen) atoms. The normalized spacial score (nSPS) is 14.1. The third-order valence-corrected chi connectivity index (χ3v) is 3.36. The summed E-state index contributed by atoms with van der Waals surface area (Å²) in [5.74, 6) is 1.00. The molecule has 0 bridgehead atoms. The Bertz CT molecular complexity index is 460. The third kappa shape index (κ3) is 2.89. The Morgan fingerprint density at radius 1 is 1.24 bits per heavy atom. The van der Waals surface area contributed by atoms with Gasteiger partial charge in [-0.1, -0.05) is 39.0 Å². The maximum absolute atomic E-state index is 5.77. The number of benzene rings is 1. The van der Waals surface area contributed by atoms with Crippen LogP contribution in [0.4, 0.5) is 0 Å². The van der Waals surface area contributed by atoms with Gasteiger partial charge in [0.25, 0.3) is 0 Å². The maximum Gasteiger partial charge on any atom is 0.134 e. The number of hydrogen-bond donors (Lipinski definition) is 1. The number of rotatable bonds is 3. The molecule has 0 aliphatic carbocycles. The largest absolute Gasteiger partial charge is 0.460 e. The Hall–Kier alpha value is -1.28. The summed E-state index contributed by atoms with van der Waals surface area (Å²) >= 11 is 0. The van der Waals surface area contributed by atoms with Gasteiger partial charge < -0.3 is 9.73 Å². The molecule has 0 spiro atoms. The van der Waals surface area contributed by atoms with E-state index in [2.05, 4.69) is 45.1 Å². The summed E-state index contributed by atoms with van der Waals surface area (Å²) in [6.45, 7) is 9.71. The molecule has 1 heterocycles. The lowest BCUT2D eigenvalue weighted by Crippen LogP contribution is -2.37. The molecule has 1 aromatic carbocycles. The Kier molecular flexibility index (Phi) is 3.25. The van der Waals surface area contributed by atoms with E-state index in [0.717, 1.165) is 17.9 Å². The fraction of sp³-hybridized carbons (Fsp3) is 0.467. The number of hydrogen-bond acceptors (Lipinski definition) is 2. The quantitative estimate of drug-likeness (QED) is 0.865. The lowest BCUT2D eigenvalue weighted by atomic mass is 9.88. The molecule has 0 radical (unpaired) electrons. The van der Waals surface area contributed by atoms with Crippen LogP contribution in [0.25, 0.3) is 11.0 Å². The van der Waals surface area contributed by atoms with E-state index in [1.54, 1.807) is 0 Å². The van der Waals surface area contributed by atoms with Crippen molar-refractivity contribution in [1.29, 1.82) is 0 Å². The van der Waals surface area contributed by atoms with Gasteiger partial charge in [0.1, 0.15) is 11.3 Å². The summed E-state index contributed by atoms with van der Waals surface area (Å²) in [6.07, 6.45) is 0. The molecule has 0 fully saturated rings. The van der Waals surface area contributed by atoms with E-state index in [0.29, 0.717) is 6.04 Å². The molecule has 2 aromatic rings. The second-order valence-electron chi connectivity index (χ2n) is 5.72. The van der Waals surface area contributed by atoms with E-state index in [1.807, 2.05) is 18.2 Å². The lowest BCUT2D eigenvalue weighted by Gasteiger charge is -2.27. The van der Waals surface area contributed by atoms with Gasteiger partial charge in [-0.3, -0.25) is 0 Å². The van der Waals surface area contributed by atoms with Crippen molar-refractivity contribution in [2.45, 2.75) is 40.3 Å². The van der Waals surface area contributed by atoms with Gasteiger partial charge in [0.15, 0.2) is 0 Å². The molecule has 2 nitrogen and oxygen atoms in total. The van der Waals surface area contributed by atoms with Gasteiger partial charge in [0.2, 0.25) is 0 Å². The molecule has 0 aliphatic heterocycles. The van der Waals surface area contributed by atoms with Crippen molar-refractivity contribution in [2.75, 3.05) is 0 Å². The summed E-state index contributed by atoms with van der Waals surface area (Å²) in [7, 11) is 0. The van der Waals surface area contributed by atoms with Crippen LogP contribution in [-0.4, -0.2) is 6.04 Å². The fourth-order valence-corrected chi connectivity index (χ4v) is 1.68. The van der Waals surface area contributed by atoms with E-state index in [4.69, 9.17) is 4.42 Å². The molecule has 1 unspecified atom stereocenters. The third-order valence-electron chi connectivity index (χ3n) is 3.36. The second-order valence-corrected chi connectivity index (χ2v) is 5.72. The van der Waals surface area contributed by atoms with Crippen LogP contribution in [0.2, 0.25) is 0 Å². The first-order valence-electron chi connectivity index (χ1n) is 6.17. The van der Waals surface area contributed by atoms with E-state index < -0.39 is 0 Å². The van der Waals surface area contributed by atoms with Gasteiger partial charge in [0.05, 0.1) is 6.54 Å². The molecule has 1 atom stereocenters. The highest BCUT2D eigenvalue weighted by molar-refractivity contribution is 5.77. The first-order valence-corrected chi connectivity index (χ1v) is 6.17. The Morgan fingerprint density at radius 3 is 2.59 bits per heavy atom. The summed E-state index contributed by atoms with van der Waals surface area (Å²) in [5, 5.41) is 4.68. The Morgan fingerprint density at radius 2 is 1.94 bits per heavy atom. The standard InChI is InChI=1S/C15H21NO/c1-11(15(2,3)4)16-10-13-9-12-7-5-6-8-14(12)17-13/h5-9,11,16H,10H2,1-4H3. The Balaban J connectivity index is 2.04. The maximum atomic E-state index is 5.77. The van der Waals surface area contributed by atoms with Gasteiger partial charge in [-0.2, -0.15) is 0 Å². The highest BCUT2D eigenvalue weighted by Gasteiger charge is 2.19. The lowest BCUT2D eigenvalue weighted by molar-refractivity contribution is 0.279. The zero-order valence-corrected chi connectivity index (χ0v) is 11.1. The molecule has 1 N–H and O–H groups in total. The summed E-state index contributed by atoms with van der Waals surface area (Å²) in [4.78, 5) is 0. The molecule has 2 heteroatoms. The van der Waals surface area contributed by atoms with Crippen molar-refractivity contribution < 1.29 is 4.42 Å². The van der Waals surface area contributed by atoms with Gasteiger partial charge in [0, 0.05) is 11.4 Å². The summed E-state index contributed by atoms with van der Waals surface area (Å²) in [6, 6.07) is 10.7. The van der Waals surface area contributed by atoms with Gasteiger partial charge in [-0.25, -0.2) is 0 Å². The second kappa shape index (κ2) is 4.53. The topological polar surface area (TPSA) is 25.2 Å². The van der Waals surface area contributed by atoms with Crippen molar-refractivity contribution in [2.24, 2.45) is 5.41 Å². The molecular formula is C15H21NO. The smallest absolute Gasteiger partial charge is 0.134 e. The van der Waals surface area contributed by atoms with Crippen molar-refractivity contribution in [3.05, 3.63) is 36.1 Å². The zero-order valence-electron chi connectivity index (χ0n) is 11.1. The van der Waals surface area contributed by atoms with Crippen LogP contribution in [0, 0.1) is 5.41 Å². The van der Waals surface area contributed by atoms with Crippen molar-refractivity contribution in [3.63, 3.8) is 0 Å². The minimum atomic E-state index is 0.270. The van der Waals surface area contributed by atoms with Crippen LogP contribution in [0.3, 0.4) is 0 Å². The first-order chi connectivity index (χ1) is 7.97. The molecule has 0 saturated carbocycles. The summed E-state index contributed by atoms with van der Waals surface area (Å²) in [5.41, 5.74) is 1.24. The van der Waals surface area contributed by atoms with E-state index >= 15 is 0 Å². The van der Waals surface area contributed by atoms with Crippen LogP contribution >= 0.6 is 0 Å². The van der Waals surface area contributed by atoms with Crippen molar-refractivity contribution in [3.8, 4) is 0 Å². The highest BCUT2D eigenvalue weighted by atomic mass is 16.3. The van der Waals surface area contributed by atoms with Crippen LogP contribution in [0.5, 0.6) is 0 Å². The van der Waals surface area contributed by atoms with Crippen LogP contribution < -0.4 is 5.32 Å². The average Bonchev–Trinajstić information content (AvgIpc) is 2.66. The Labute approximate surface area is 103 Å². The monoisotopic (exact) mass is 231 g/mol. The molecule has 92 valence electrons. The number of nitrogens with one attached hydrogen (secondary N) is 1. The molecule has 0 saturated heterocycles. The van der Waals surface area contributed by atoms with Gasteiger partial charge in [-0.15, -0.1) is 0 Å². The van der Waals surface area contributed by atoms with E-state index in [1.165, 1.54) is 5.39 Å². The molecular weight excluding hydrogens is 210 g/mol. The predicted octanol–water partition coefficient (Wildman–Crippen LogP) is 3.96. The first kappa shape index (κ1) is 12.2. The molecule has 1 aromatic heterocycles. The van der Waals surface area contributed by atoms with Crippen LogP contribution in [0.1, 0.15) is 33.5 Å².